The molecule has 7 heteroatoms. The van der Waals surface area contributed by atoms with Crippen molar-refractivity contribution in [3.63, 3.8) is 0 Å². The molecule has 0 saturated carbocycles. The van der Waals surface area contributed by atoms with E-state index in [0.717, 1.165) is 0 Å². The van der Waals surface area contributed by atoms with Crippen LogP contribution in [0.15, 0.2) is 75.9 Å². The summed E-state index contributed by atoms with van der Waals surface area (Å²) in [4.78, 5) is 17.0. The summed E-state index contributed by atoms with van der Waals surface area (Å²) in [6.07, 6.45) is 1.54. The summed E-state index contributed by atoms with van der Waals surface area (Å²) in [7, 11) is 1.55. The number of aromatic nitrogens is 2. The number of amides is 1. The van der Waals surface area contributed by atoms with Crippen LogP contribution < -0.4 is 10.1 Å². The third-order valence-electron chi connectivity index (χ3n) is 3.91. The van der Waals surface area contributed by atoms with Gasteiger partial charge in [0.1, 0.15) is 5.75 Å². The van der Waals surface area contributed by atoms with E-state index in [1.54, 1.807) is 55.6 Å². The molecule has 0 fully saturated rings. The average molecular weight is 361 g/mol. The van der Waals surface area contributed by atoms with Gasteiger partial charge in [-0.05, 0) is 42.5 Å². The first-order chi connectivity index (χ1) is 13.2. The van der Waals surface area contributed by atoms with E-state index in [0.29, 0.717) is 34.1 Å². The lowest BCUT2D eigenvalue weighted by Gasteiger charge is -2.09. The Balaban J connectivity index is 1.62. The summed E-state index contributed by atoms with van der Waals surface area (Å²) in [6, 6.07) is 17.6. The van der Waals surface area contributed by atoms with Crippen LogP contribution in [-0.2, 0) is 0 Å². The lowest BCUT2D eigenvalue weighted by atomic mass is 10.1. The standard InChI is InChI=1S/C20H15N3O4/c1-25-14-7-4-6-13(12-14)19(24)21-16-9-3-2-8-15(16)20-22-18(23-27-20)17-10-5-11-26-17/h2-12H,1H3,(H,21,24). The van der Waals surface area contributed by atoms with E-state index in [2.05, 4.69) is 15.5 Å². The largest absolute Gasteiger partial charge is 0.497 e. The minimum Gasteiger partial charge on any atom is -0.497 e. The number of anilines is 1. The molecule has 0 aliphatic heterocycles. The van der Waals surface area contributed by atoms with E-state index >= 15 is 0 Å². The summed E-state index contributed by atoms with van der Waals surface area (Å²) < 4.78 is 15.8. The molecule has 7 nitrogen and oxygen atoms in total. The zero-order valence-electron chi connectivity index (χ0n) is 14.4. The summed E-state index contributed by atoms with van der Waals surface area (Å²) >= 11 is 0. The quantitative estimate of drug-likeness (QED) is 0.571. The second-order valence-electron chi connectivity index (χ2n) is 5.63. The van der Waals surface area contributed by atoms with Crippen LogP contribution in [-0.4, -0.2) is 23.2 Å². The molecule has 1 amide bonds. The molecule has 0 aliphatic rings. The Morgan fingerprint density at radius 2 is 1.96 bits per heavy atom. The van der Waals surface area contributed by atoms with Gasteiger partial charge < -0.3 is 19.0 Å². The maximum atomic E-state index is 12.6. The van der Waals surface area contributed by atoms with Crippen molar-refractivity contribution >= 4 is 11.6 Å². The molecule has 134 valence electrons. The van der Waals surface area contributed by atoms with Crippen molar-refractivity contribution in [2.45, 2.75) is 0 Å². The van der Waals surface area contributed by atoms with E-state index in [-0.39, 0.29) is 11.8 Å². The molecule has 0 aliphatic carbocycles. The minimum absolute atomic E-state index is 0.271. The second-order valence-corrected chi connectivity index (χ2v) is 5.63. The number of nitrogens with one attached hydrogen (secondary N) is 1. The van der Waals surface area contributed by atoms with Gasteiger partial charge in [0.15, 0.2) is 5.76 Å². The molecule has 2 heterocycles. The number of carbonyl (C=O) groups is 1. The number of benzene rings is 2. The van der Waals surface area contributed by atoms with Crippen LogP contribution in [0.5, 0.6) is 5.75 Å². The number of ether oxygens (including phenoxy) is 1. The molecule has 0 spiro atoms. The maximum Gasteiger partial charge on any atom is 0.260 e. The second kappa shape index (κ2) is 7.17. The minimum atomic E-state index is -0.271. The lowest BCUT2D eigenvalue weighted by Crippen LogP contribution is -2.12. The topological polar surface area (TPSA) is 90.4 Å². The van der Waals surface area contributed by atoms with Gasteiger partial charge in [-0.2, -0.15) is 4.98 Å². The molecule has 4 rings (SSSR count). The molecule has 4 aromatic rings. The zero-order valence-corrected chi connectivity index (χ0v) is 14.4. The highest BCUT2D eigenvalue weighted by molar-refractivity contribution is 6.06. The van der Waals surface area contributed by atoms with Crippen LogP contribution in [0.2, 0.25) is 0 Å². The van der Waals surface area contributed by atoms with E-state index < -0.39 is 0 Å². The fourth-order valence-electron chi connectivity index (χ4n) is 2.58. The van der Waals surface area contributed by atoms with E-state index in [9.17, 15) is 4.79 Å². The smallest absolute Gasteiger partial charge is 0.260 e. The van der Waals surface area contributed by atoms with Crippen molar-refractivity contribution in [1.82, 2.24) is 10.1 Å². The zero-order chi connectivity index (χ0) is 18.6. The van der Waals surface area contributed by atoms with E-state index in [4.69, 9.17) is 13.7 Å². The molecule has 0 atom stereocenters. The van der Waals surface area contributed by atoms with Crippen LogP contribution >= 0.6 is 0 Å². The SMILES string of the molecule is COc1cccc(C(=O)Nc2ccccc2-c2nc(-c3ccco3)no2)c1. The highest BCUT2D eigenvalue weighted by Gasteiger charge is 2.17. The van der Waals surface area contributed by atoms with Gasteiger partial charge in [-0.1, -0.05) is 23.4 Å². The van der Waals surface area contributed by atoms with Gasteiger partial charge >= 0.3 is 0 Å². The number of hydrogen-bond donors (Lipinski definition) is 1. The van der Waals surface area contributed by atoms with Crippen molar-refractivity contribution in [3.05, 3.63) is 72.5 Å². The Morgan fingerprint density at radius 3 is 2.78 bits per heavy atom. The third kappa shape index (κ3) is 3.43. The molecule has 0 radical (unpaired) electrons. The van der Waals surface area contributed by atoms with Crippen molar-refractivity contribution in [3.8, 4) is 28.8 Å². The highest BCUT2D eigenvalue weighted by Crippen LogP contribution is 2.29. The maximum absolute atomic E-state index is 12.6. The molecular formula is C20H15N3O4. The number of nitrogens with zero attached hydrogens (tertiary/aromatic N) is 2. The summed E-state index contributed by atoms with van der Waals surface area (Å²) in [5.74, 6) is 1.46. The highest BCUT2D eigenvalue weighted by atomic mass is 16.5. The first kappa shape index (κ1) is 16.6. The average Bonchev–Trinajstić information content (AvgIpc) is 3.40. The summed E-state index contributed by atoms with van der Waals surface area (Å²) in [5, 5.41) is 6.80. The van der Waals surface area contributed by atoms with Crippen LogP contribution in [0.1, 0.15) is 10.4 Å². The molecule has 27 heavy (non-hydrogen) atoms. The van der Waals surface area contributed by atoms with Crippen molar-refractivity contribution < 1.29 is 18.5 Å². The monoisotopic (exact) mass is 361 g/mol. The lowest BCUT2D eigenvalue weighted by molar-refractivity contribution is 0.102. The Kier molecular flexibility index (Phi) is 4.40. The Bertz CT molecular complexity index is 1070. The van der Waals surface area contributed by atoms with Gasteiger partial charge in [-0.3, -0.25) is 4.79 Å². The number of methoxy groups -OCH3 is 1. The predicted molar refractivity (Wildman–Crippen MR) is 98.4 cm³/mol. The third-order valence-corrected chi connectivity index (χ3v) is 3.91. The fraction of sp³-hybridized carbons (Fsp3) is 0.0500. The first-order valence-electron chi connectivity index (χ1n) is 8.17. The molecule has 0 unspecified atom stereocenters. The number of rotatable bonds is 5. The van der Waals surface area contributed by atoms with Gasteiger partial charge in [-0.15, -0.1) is 0 Å². The number of furan rings is 1. The van der Waals surface area contributed by atoms with Gasteiger partial charge in [0.2, 0.25) is 5.82 Å². The number of carbonyl (C=O) groups excluding carboxylic acids is 1. The Labute approximate surface area is 154 Å². The molecule has 2 aromatic heterocycles. The number of hydrogen-bond acceptors (Lipinski definition) is 6. The van der Waals surface area contributed by atoms with Crippen molar-refractivity contribution in [2.24, 2.45) is 0 Å². The van der Waals surface area contributed by atoms with Crippen LogP contribution in [0.25, 0.3) is 23.0 Å². The van der Waals surface area contributed by atoms with Gasteiger partial charge in [-0.25, -0.2) is 0 Å². The fourth-order valence-corrected chi connectivity index (χ4v) is 2.58. The normalized spacial score (nSPS) is 10.6. The van der Waals surface area contributed by atoms with E-state index in [1.807, 2.05) is 12.1 Å². The van der Waals surface area contributed by atoms with Crippen molar-refractivity contribution in [2.75, 3.05) is 12.4 Å². The van der Waals surface area contributed by atoms with Crippen LogP contribution in [0.4, 0.5) is 5.69 Å². The summed E-state index contributed by atoms with van der Waals surface area (Å²) in [6.45, 7) is 0. The Hall–Kier alpha value is -3.87. The molecule has 2 aromatic carbocycles. The van der Waals surface area contributed by atoms with Gasteiger partial charge in [0.05, 0.1) is 24.6 Å². The molecule has 0 saturated heterocycles. The molecular weight excluding hydrogens is 346 g/mol. The van der Waals surface area contributed by atoms with Crippen LogP contribution in [0.3, 0.4) is 0 Å². The van der Waals surface area contributed by atoms with Crippen molar-refractivity contribution in [1.29, 1.82) is 0 Å². The van der Waals surface area contributed by atoms with Crippen LogP contribution in [0, 0.1) is 0 Å². The first-order valence-corrected chi connectivity index (χ1v) is 8.17. The van der Waals surface area contributed by atoms with E-state index in [1.165, 1.54) is 6.26 Å². The Morgan fingerprint density at radius 1 is 1.07 bits per heavy atom. The number of para-hydroxylation sites is 1. The van der Waals surface area contributed by atoms with Gasteiger partial charge in [0, 0.05) is 5.56 Å². The van der Waals surface area contributed by atoms with Gasteiger partial charge in [0.25, 0.3) is 11.8 Å². The summed E-state index contributed by atoms with van der Waals surface area (Å²) in [5.41, 5.74) is 1.64. The molecule has 1 N–H and O–H groups in total. The molecule has 0 bridgehead atoms. The predicted octanol–water partition coefficient (Wildman–Crippen LogP) is 4.26.